The molecule has 1 aliphatic heterocycles. The monoisotopic (exact) mass is 608 g/mol. The Balaban J connectivity index is 1.23. The van der Waals surface area contributed by atoms with E-state index in [-0.39, 0.29) is 29.0 Å². The highest BCUT2D eigenvalue weighted by atomic mass is 16.6. The Labute approximate surface area is 263 Å². The Morgan fingerprint density at radius 1 is 0.933 bits per heavy atom. The topological polar surface area (TPSA) is 110 Å². The number of anilines is 3. The number of aromatic nitrogens is 3. The van der Waals surface area contributed by atoms with Gasteiger partial charge in [0, 0.05) is 60.7 Å². The van der Waals surface area contributed by atoms with Crippen LogP contribution in [0.2, 0.25) is 0 Å². The molecular formula is C35H40N6O4. The molecular weight excluding hydrogens is 568 g/mol. The van der Waals surface area contributed by atoms with Gasteiger partial charge in [-0.2, -0.15) is 4.98 Å². The summed E-state index contributed by atoms with van der Waals surface area (Å²) >= 11 is 0. The maximum absolute atomic E-state index is 14.0. The first-order chi connectivity index (χ1) is 21.6. The van der Waals surface area contributed by atoms with E-state index in [1.807, 2.05) is 51.1 Å². The lowest BCUT2D eigenvalue weighted by Crippen LogP contribution is -2.50. The quantitative estimate of drug-likeness (QED) is 0.256. The van der Waals surface area contributed by atoms with Crippen LogP contribution in [0, 0.1) is 6.92 Å². The molecule has 1 saturated heterocycles. The normalized spacial score (nSPS) is 15.8. The highest BCUT2D eigenvalue weighted by Gasteiger charge is 2.28. The molecule has 1 amide bonds. The fourth-order valence-electron chi connectivity index (χ4n) is 6.25. The SMILES string of the molecule is Cc1c(C(=O)c2ccccc2)c(=O)n(C2CCCC2)c2nc(Nc3ccc(N4CCN(C(=O)OC(C)(C)C)CC4)cc3)ncc12. The minimum absolute atomic E-state index is 0.0132. The number of rotatable bonds is 6. The fourth-order valence-corrected chi connectivity index (χ4v) is 6.25. The van der Waals surface area contributed by atoms with Crippen molar-refractivity contribution in [3.8, 4) is 0 Å². The average Bonchev–Trinajstić information content (AvgIpc) is 3.56. The Hall–Kier alpha value is -4.73. The zero-order valence-electron chi connectivity index (χ0n) is 26.4. The lowest BCUT2D eigenvalue weighted by Gasteiger charge is -2.36. The van der Waals surface area contributed by atoms with Gasteiger partial charge in [-0.1, -0.05) is 43.2 Å². The molecule has 2 aliphatic rings. The van der Waals surface area contributed by atoms with Crippen LogP contribution in [0.15, 0.2) is 65.6 Å². The van der Waals surface area contributed by atoms with Crippen LogP contribution in [-0.4, -0.2) is 63.1 Å². The van der Waals surface area contributed by atoms with E-state index in [0.717, 1.165) is 37.1 Å². The van der Waals surface area contributed by atoms with Crippen molar-refractivity contribution in [3.63, 3.8) is 0 Å². The number of benzene rings is 2. The molecule has 6 rings (SSSR count). The Kier molecular flexibility index (Phi) is 8.31. The first-order valence-corrected chi connectivity index (χ1v) is 15.7. The maximum atomic E-state index is 14.0. The molecule has 0 atom stereocenters. The van der Waals surface area contributed by atoms with Crippen LogP contribution in [0.4, 0.5) is 22.1 Å². The van der Waals surface area contributed by atoms with E-state index in [4.69, 9.17) is 9.72 Å². The Morgan fingerprint density at radius 3 is 2.24 bits per heavy atom. The van der Waals surface area contributed by atoms with Gasteiger partial charge in [0.1, 0.15) is 11.2 Å². The van der Waals surface area contributed by atoms with Gasteiger partial charge in [0.2, 0.25) is 5.95 Å². The van der Waals surface area contributed by atoms with Crippen LogP contribution in [0.1, 0.15) is 74.0 Å². The van der Waals surface area contributed by atoms with E-state index in [9.17, 15) is 14.4 Å². The number of nitrogens with zero attached hydrogens (tertiary/aromatic N) is 5. The predicted molar refractivity (Wildman–Crippen MR) is 176 cm³/mol. The van der Waals surface area contributed by atoms with Gasteiger partial charge < -0.3 is 19.9 Å². The number of fused-ring (bicyclic) bond motifs is 1. The molecule has 0 unspecified atom stereocenters. The summed E-state index contributed by atoms with van der Waals surface area (Å²) in [6, 6.07) is 16.9. The summed E-state index contributed by atoms with van der Waals surface area (Å²) in [6.45, 7) is 10.1. The number of piperazine rings is 1. The molecule has 0 radical (unpaired) electrons. The molecule has 1 N–H and O–H groups in total. The highest BCUT2D eigenvalue weighted by Crippen LogP contribution is 2.32. The van der Waals surface area contributed by atoms with Gasteiger partial charge >= 0.3 is 6.09 Å². The number of carbonyl (C=O) groups excluding carboxylic acids is 2. The lowest BCUT2D eigenvalue weighted by molar-refractivity contribution is 0.0240. The van der Waals surface area contributed by atoms with Crippen molar-refractivity contribution in [3.05, 3.63) is 87.8 Å². The van der Waals surface area contributed by atoms with Crippen molar-refractivity contribution in [1.29, 1.82) is 0 Å². The lowest BCUT2D eigenvalue weighted by atomic mass is 9.98. The van der Waals surface area contributed by atoms with Crippen LogP contribution < -0.4 is 15.8 Å². The average molecular weight is 609 g/mol. The number of aryl methyl sites for hydroxylation is 1. The van der Waals surface area contributed by atoms with E-state index < -0.39 is 5.60 Å². The zero-order chi connectivity index (χ0) is 31.7. The van der Waals surface area contributed by atoms with Crippen LogP contribution in [0.3, 0.4) is 0 Å². The summed E-state index contributed by atoms with van der Waals surface area (Å²) in [4.78, 5) is 53.4. The van der Waals surface area contributed by atoms with Gasteiger partial charge in [-0.3, -0.25) is 14.2 Å². The van der Waals surface area contributed by atoms with E-state index in [1.165, 1.54) is 0 Å². The minimum Gasteiger partial charge on any atom is -0.444 e. The second-order valence-corrected chi connectivity index (χ2v) is 12.9. The van der Waals surface area contributed by atoms with Gasteiger partial charge in [0.05, 0.1) is 5.56 Å². The van der Waals surface area contributed by atoms with Crippen molar-refractivity contribution in [2.75, 3.05) is 36.4 Å². The molecule has 2 fully saturated rings. The van der Waals surface area contributed by atoms with Gasteiger partial charge in [-0.05, 0) is 70.4 Å². The molecule has 234 valence electrons. The van der Waals surface area contributed by atoms with Crippen LogP contribution >= 0.6 is 0 Å². The summed E-state index contributed by atoms with van der Waals surface area (Å²) in [5, 5.41) is 4.00. The molecule has 0 bridgehead atoms. The van der Waals surface area contributed by atoms with Crippen LogP contribution in [-0.2, 0) is 4.74 Å². The van der Waals surface area contributed by atoms with Crippen molar-refractivity contribution in [2.45, 2.75) is 65.0 Å². The minimum atomic E-state index is -0.511. The van der Waals surface area contributed by atoms with Crippen molar-refractivity contribution in [2.24, 2.45) is 0 Å². The van der Waals surface area contributed by atoms with Gasteiger partial charge in [0.15, 0.2) is 5.78 Å². The smallest absolute Gasteiger partial charge is 0.410 e. The molecule has 10 nitrogen and oxygen atoms in total. The first kappa shape index (κ1) is 30.3. The number of ether oxygens (including phenoxy) is 1. The number of hydrogen-bond donors (Lipinski definition) is 1. The molecule has 1 saturated carbocycles. The molecule has 2 aromatic carbocycles. The fraction of sp³-hybridized carbons (Fsp3) is 0.400. The van der Waals surface area contributed by atoms with E-state index in [0.29, 0.717) is 54.3 Å². The third-order valence-electron chi connectivity index (χ3n) is 8.58. The Bertz CT molecular complexity index is 1760. The number of hydrogen-bond acceptors (Lipinski definition) is 8. The standard InChI is InChI=1S/C35H40N6O4/c1-23-28-22-36-33(37-25-14-16-26(17-15-25)39-18-20-40(21-19-39)34(44)45-35(2,3)4)38-31(28)41(27-12-8-9-13-27)32(43)29(23)30(42)24-10-6-5-7-11-24/h5-7,10-11,14-17,22,27H,8-9,12-13,18-21H2,1-4H3,(H,36,37,38). The van der Waals surface area contributed by atoms with Crippen LogP contribution in [0.5, 0.6) is 0 Å². The molecule has 0 spiro atoms. The first-order valence-electron chi connectivity index (χ1n) is 15.7. The second-order valence-electron chi connectivity index (χ2n) is 12.9. The van der Waals surface area contributed by atoms with Crippen molar-refractivity contribution < 1.29 is 14.3 Å². The number of nitrogens with one attached hydrogen (secondary N) is 1. The molecule has 1 aliphatic carbocycles. The van der Waals surface area contributed by atoms with E-state index in [1.54, 1.807) is 46.9 Å². The van der Waals surface area contributed by atoms with Gasteiger partial charge in [-0.15, -0.1) is 0 Å². The van der Waals surface area contributed by atoms with E-state index >= 15 is 0 Å². The zero-order valence-corrected chi connectivity index (χ0v) is 26.4. The van der Waals surface area contributed by atoms with Crippen molar-refractivity contribution in [1.82, 2.24) is 19.4 Å². The number of carbonyl (C=O) groups is 2. The molecule has 3 heterocycles. The van der Waals surface area contributed by atoms with Gasteiger partial charge in [-0.25, -0.2) is 9.78 Å². The molecule has 45 heavy (non-hydrogen) atoms. The highest BCUT2D eigenvalue weighted by molar-refractivity contribution is 6.11. The number of pyridine rings is 1. The largest absolute Gasteiger partial charge is 0.444 e. The van der Waals surface area contributed by atoms with Crippen molar-refractivity contribution >= 4 is 40.2 Å². The van der Waals surface area contributed by atoms with Crippen LogP contribution in [0.25, 0.3) is 11.0 Å². The summed E-state index contributed by atoms with van der Waals surface area (Å²) in [5.74, 6) is 0.106. The second kappa shape index (κ2) is 12.3. The third-order valence-corrected chi connectivity index (χ3v) is 8.58. The third kappa shape index (κ3) is 6.41. The van der Waals surface area contributed by atoms with Gasteiger partial charge in [0.25, 0.3) is 5.56 Å². The summed E-state index contributed by atoms with van der Waals surface area (Å²) in [7, 11) is 0. The molecule has 10 heteroatoms. The Morgan fingerprint density at radius 2 is 1.60 bits per heavy atom. The molecule has 2 aromatic heterocycles. The molecule has 4 aromatic rings. The summed E-state index contributed by atoms with van der Waals surface area (Å²) < 4.78 is 7.25. The summed E-state index contributed by atoms with van der Waals surface area (Å²) in [5.41, 5.74) is 2.89. The number of ketones is 1. The summed E-state index contributed by atoms with van der Waals surface area (Å²) in [6.07, 6.45) is 5.25. The predicted octanol–water partition coefficient (Wildman–Crippen LogP) is 6.25. The van der Waals surface area contributed by atoms with E-state index in [2.05, 4.69) is 15.2 Å². The maximum Gasteiger partial charge on any atom is 0.410 e. The number of amides is 1.